The molecule has 3 rings (SSSR count). The molecule has 2 fully saturated rings. The Labute approximate surface area is 153 Å². The first-order valence-corrected chi connectivity index (χ1v) is 9.49. The van der Waals surface area contributed by atoms with E-state index in [1.165, 1.54) is 37.8 Å². The molecular weight excluding hydrogens is 341 g/mol. The third-order valence-corrected chi connectivity index (χ3v) is 5.73. The Balaban J connectivity index is 1.63. The van der Waals surface area contributed by atoms with Crippen LogP contribution in [0, 0.1) is 5.92 Å². The zero-order chi connectivity index (χ0) is 18.7. The van der Waals surface area contributed by atoms with Crippen LogP contribution >= 0.6 is 0 Å². The van der Waals surface area contributed by atoms with Gasteiger partial charge in [-0.25, -0.2) is 0 Å². The minimum Gasteiger partial charge on any atom is -0.338 e. The van der Waals surface area contributed by atoms with Crippen LogP contribution in [0.15, 0.2) is 24.3 Å². The number of likely N-dealkylation sites (tertiary alicyclic amines) is 1. The predicted octanol–water partition coefficient (Wildman–Crippen LogP) is 4.32. The number of carbonyl (C=O) groups is 1. The number of fused-ring (bicyclic) bond motifs is 1. The normalized spacial score (nSPS) is 23.8. The van der Waals surface area contributed by atoms with Crippen LogP contribution in [0.4, 0.5) is 13.2 Å². The molecule has 0 bridgehead atoms. The van der Waals surface area contributed by atoms with Crippen molar-refractivity contribution < 1.29 is 18.0 Å². The Bertz CT molecular complexity index is 630. The molecule has 2 aliphatic rings. The van der Waals surface area contributed by atoms with Crippen molar-refractivity contribution in [2.75, 3.05) is 20.1 Å². The second-order valence-electron chi connectivity index (χ2n) is 7.67. The lowest BCUT2D eigenvalue weighted by Crippen LogP contribution is -2.52. The second-order valence-corrected chi connectivity index (χ2v) is 7.67. The van der Waals surface area contributed by atoms with Gasteiger partial charge in [-0.2, -0.15) is 13.2 Å². The van der Waals surface area contributed by atoms with E-state index in [1.807, 2.05) is 4.90 Å². The van der Waals surface area contributed by atoms with Gasteiger partial charge >= 0.3 is 6.18 Å². The summed E-state index contributed by atoms with van der Waals surface area (Å²) in [4.78, 5) is 16.5. The maximum Gasteiger partial charge on any atom is 0.416 e. The summed E-state index contributed by atoms with van der Waals surface area (Å²) in [6.45, 7) is 1.06. The first-order chi connectivity index (χ1) is 12.4. The first kappa shape index (κ1) is 19.2. The molecule has 0 N–H and O–H groups in total. The fraction of sp³-hybridized carbons (Fsp3) is 0.650. The number of halogens is 3. The number of nitrogens with zero attached hydrogens (tertiary/aromatic N) is 2. The summed E-state index contributed by atoms with van der Waals surface area (Å²) in [6.07, 6.45) is 2.54. The molecule has 0 radical (unpaired) electrons. The highest BCUT2D eigenvalue weighted by molar-refractivity contribution is 5.78. The van der Waals surface area contributed by atoms with Crippen molar-refractivity contribution in [2.24, 2.45) is 5.92 Å². The van der Waals surface area contributed by atoms with Gasteiger partial charge in [0.15, 0.2) is 0 Å². The lowest BCUT2D eigenvalue weighted by molar-refractivity contribution is -0.139. The van der Waals surface area contributed by atoms with E-state index in [1.54, 1.807) is 18.0 Å². The Morgan fingerprint density at radius 3 is 2.62 bits per heavy atom. The highest BCUT2D eigenvalue weighted by Crippen LogP contribution is 2.35. The molecule has 1 heterocycles. The van der Waals surface area contributed by atoms with Crippen LogP contribution in [0.3, 0.4) is 0 Å². The number of rotatable bonds is 4. The fourth-order valence-electron chi connectivity index (χ4n) is 4.54. The third-order valence-electron chi connectivity index (χ3n) is 5.73. The number of hydrogen-bond acceptors (Lipinski definition) is 2. The van der Waals surface area contributed by atoms with E-state index >= 15 is 0 Å². The lowest BCUT2D eigenvalue weighted by Gasteiger charge is -2.44. The maximum absolute atomic E-state index is 13.1. The molecule has 2 atom stereocenters. The van der Waals surface area contributed by atoms with Crippen LogP contribution in [-0.2, 0) is 17.5 Å². The summed E-state index contributed by atoms with van der Waals surface area (Å²) < 4.78 is 39.4. The Kier molecular flexibility index (Phi) is 5.90. The summed E-state index contributed by atoms with van der Waals surface area (Å²) in [5.74, 6) is 0.659. The fourth-order valence-corrected chi connectivity index (χ4v) is 4.54. The van der Waals surface area contributed by atoms with Crippen molar-refractivity contribution in [2.45, 2.75) is 57.3 Å². The van der Waals surface area contributed by atoms with Gasteiger partial charge in [-0.1, -0.05) is 31.0 Å². The Morgan fingerprint density at radius 2 is 1.85 bits per heavy atom. The molecule has 0 aromatic heterocycles. The molecule has 2 unspecified atom stereocenters. The van der Waals surface area contributed by atoms with Gasteiger partial charge in [0.2, 0.25) is 5.91 Å². The number of carbonyl (C=O) groups excluding carboxylic acids is 1. The molecule has 0 spiro atoms. The summed E-state index contributed by atoms with van der Waals surface area (Å²) in [7, 11) is 1.72. The maximum atomic E-state index is 13.1. The van der Waals surface area contributed by atoms with Gasteiger partial charge in [0.1, 0.15) is 0 Å². The second kappa shape index (κ2) is 7.99. The molecular formula is C20H27F3N2O. The monoisotopic (exact) mass is 368 g/mol. The average Bonchev–Trinajstić information content (AvgIpc) is 2.60. The zero-order valence-electron chi connectivity index (χ0n) is 15.3. The van der Waals surface area contributed by atoms with Gasteiger partial charge < -0.3 is 4.90 Å². The molecule has 1 aliphatic heterocycles. The largest absolute Gasteiger partial charge is 0.416 e. The van der Waals surface area contributed by atoms with Crippen molar-refractivity contribution in [3.63, 3.8) is 0 Å². The topological polar surface area (TPSA) is 23.6 Å². The summed E-state index contributed by atoms with van der Waals surface area (Å²) in [5, 5.41) is 0. The van der Waals surface area contributed by atoms with Crippen LogP contribution in [0.2, 0.25) is 0 Å². The summed E-state index contributed by atoms with van der Waals surface area (Å²) in [6, 6.07) is 5.93. The van der Waals surface area contributed by atoms with E-state index in [2.05, 4.69) is 0 Å². The zero-order valence-corrected chi connectivity index (χ0v) is 15.3. The van der Waals surface area contributed by atoms with E-state index in [4.69, 9.17) is 0 Å². The van der Waals surface area contributed by atoms with Crippen LogP contribution in [0.25, 0.3) is 0 Å². The summed E-state index contributed by atoms with van der Waals surface area (Å²) in [5.41, 5.74) is -0.408. The lowest BCUT2D eigenvalue weighted by atomic mass is 9.78. The van der Waals surface area contributed by atoms with Crippen molar-refractivity contribution in [1.82, 2.24) is 9.80 Å². The molecule has 1 aromatic carbocycles. The minimum absolute atomic E-state index is 0.0496. The van der Waals surface area contributed by atoms with Gasteiger partial charge in [0.25, 0.3) is 0 Å². The van der Waals surface area contributed by atoms with Gasteiger partial charge in [-0.05, 0) is 50.3 Å². The van der Waals surface area contributed by atoms with Gasteiger partial charge in [-0.3, -0.25) is 9.69 Å². The number of alkyl halides is 3. The molecule has 26 heavy (non-hydrogen) atoms. The minimum atomic E-state index is -4.37. The van der Waals surface area contributed by atoms with E-state index in [9.17, 15) is 18.0 Å². The van der Waals surface area contributed by atoms with E-state index < -0.39 is 11.7 Å². The standard InChI is InChI=1S/C20H27F3N2O/c1-24(13-16-8-2-4-10-17(16)20(21,22)23)14-19(26)25-12-6-9-15-7-3-5-11-18(15)25/h2,4,8,10,15,18H,3,5-7,9,11-14H2,1H3. The van der Waals surface area contributed by atoms with E-state index in [-0.39, 0.29) is 24.6 Å². The van der Waals surface area contributed by atoms with Crippen LogP contribution < -0.4 is 0 Å². The van der Waals surface area contributed by atoms with E-state index in [0.717, 1.165) is 25.5 Å². The van der Waals surface area contributed by atoms with Crippen LogP contribution in [0.1, 0.15) is 49.7 Å². The highest BCUT2D eigenvalue weighted by Gasteiger charge is 2.36. The first-order valence-electron chi connectivity index (χ1n) is 9.49. The number of benzene rings is 1. The number of likely N-dealkylation sites (N-methyl/N-ethyl adjacent to an activating group) is 1. The van der Waals surface area contributed by atoms with Crippen LogP contribution in [0.5, 0.6) is 0 Å². The van der Waals surface area contributed by atoms with E-state index in [0.29, 0.717) is 12.0 Å². The molecule has 1 amide bonds. The number of piperidine rings is 1. The molecule has 1 saturated carbocycles. The van der Waals surface area contributed by atoms with Gasteiger partial charge in [0.05, 0.1) is 12.1 Å². The third kappa shape index (κ3) is 4.40. The number of hydrogen-bond donors (Lipinski definition) is 0. The smallest absolute Gasteiger partial charge is 0.338 e. The Hall–Kier alpha value is -1.56. The SMILES string of the molecule is CN(CC(=O)N1CCCC2CCCCC21)Cc1ccccc1C(F)(F)F. The summed E-state index contributed by atoms with van der Waals surface area (Å²) >= 11 is 0. The molecule has 3 nitrogen and oxygen atoms in total. The molecule has 1 aromatic rings. The van der Waals surface area contributed by atoms with Crippen molar-refractivity contribution in [3.8, 4) is 0 Å². The quantitative estimate of drug-likeness (QED) is 0.790. The predicted molar refractivity (Wildman–Crippen MR) is 94.5 cm³/mol. The van der Waals surface area contributed by atoms with Gasteiger partial charge in [-0.15, -0.1) is 0 Å². The number of amides is 1. The average molecular weight is 368 g/mol. The molecule has 1 saturated heterocycles. The molecule has 144 valence electrons. The highest BCUT2D eigenvalue weighted by atomic mass is 19.4. The van der Waals surface area contributed by atoms with Crippen LogP contribution in [-0.4, -0.2) is 41.9 Å². The van der Waals surface area contributed by atoms with Crippen molar-refractivity contribution in [1.29, 1.82) is 0 Å². The molecule has 1 aliphatic carbocycles. The van der Waals surface area contributed by atoms with Gasteiger partial charge in [0, 0.05) is 19.1 Å². The van der Waals surface area contributed by atoms with Crippen molar-refractivity contribution in [3.05, 3.63) is 35.4 Å². The Morgan fingerprint density at radius 1 is 1.15 bits per heavy atom. The van der Waals surface area contributed by atoms with Crippen molar-refractivity contribution >= 4 is 5.91 Å². The molecule has 6 heteroatoms.